The normalized spacial score (nSPS) is 10.5. The van der Waals surface area contributed by atoms with E-state index in [1.54, 1.807) is 6.07 Å². The number of nitrogen functional groups attached to an aromatic ring is 1. The first-order valence-corrected chi connectivity index (χ1v) is 3.06. The third-order valence-corrected chi connectivity index (χ3v) is 1.33. The molecular weight excluding hydrogens is 144 g/mol. The molecule has 0 saturated heterocycles. The van der Waals surface area contributed by atoms with Gasteiger partial charge in [-0.2, -0.15) is 4.98 Å². The standard InChI is InChI=1S/C6H6N4O/c7-6-8-5-2-1-4(11)3-10(5)9-6/h1-3,11H,(H2,7,9). The van der Waals surface area contributed by atoms with E-state index in [-0.39, 0.29) is 11.7 Å². The lowest BCUT2D eigenvalue weighted by molar-refractivity contribution is 0.470. The highest BCUT2D eigenvalue weighted by Gasteiger charge is 1.98. The maximum atomic E-state index is 9.01. The topological polar surface area (TPSA) is 76.4 Å². The maximum absolute atomic E-state index is 9.01. The second-order valence-corrected chi connectivity index (χ2v) is 2.16. The van der Waals surface area contributed by atoms with Gasteiger partial charge in [-0.1, -0.05) is 0 Å². The average Bonchev–Trinajstić information content (AvgIpc) is 2.27. The molecule has 0 bridgehead atoms. The monoisotopic (exact) mass is 150 g/mol. The Balaban J connectivity index is 2.82. The Morgan fingerprint density at radius 1 is 1.45 bits per heavy atom. The summed E-state index contributed by atoms with van der Waals surface area (Å²) in [5, 5.41) is 12.8. The van der Waals surface area contributed by atoms with Crippen molar-refractivity contribution in [1.82, 2.24) is 14.6 Å². The SMILES string of the molecule is Nc1nc2ccc(O)cn2n1. The van der Waals surface area contributed by atoms with Crippen LogP contribution in [0.5, 0.6) is 5.75 Å². The van der Waals surface area contributed by atoms with Crippen LogP contribution in [-0.2, 0) is 0 Å². The zero-order chi connectivity index (χ0) is 7.84. The molecule has 0 fully saturated rings. The number of pyridine rings is 1. The fourth-order valence-corrected chi connectivity index (χ4v) is 0.889. The van der Waals surface area contributed by atoms with E-state index in [0.29, 0.717) is 5.65 Å². The summed E-state index contributed by atoms with van der Waals surface area (Å²) in [6.07, 6.45) is 1.44. The highest BCUT2D eigenvalue weighted by molar-refractivity contribution is 5.43. The summed E-state index contributed by atoms with van der Waals surface area (Å²) >= 11 is 0. The number of aromatic nitrogens is 3. The molecule has 2 aromatic rings. The van der Waals surface area contributed by atoms with Gasteiger partial charge >= 0.3 is 0 Å². The molecular formula is C6H6N4O. The summed E-state index contributed by atoms with van der Waals surface area (Å²) in [7, 11) is 0. The lowest BCUT2D eigenvalue weighted by atomic mass is 10.4. The smallest absolute Gasteiger partial charge is 0.240 e. The summed E-state index contributed by atoms with van der Waals surface area (Å²) in [5.74, 6) is 0.345. The lowest BCUT2D eigenvalue weighted by Gasteiger charge is -1.90. The van der Waals surface area contributed by atoms with Crippen LogP contribution in [0.15, 0.2) is 18.3 Å². The van der Waals surface area contributed by atoms with Crippen molar-refractivity contribution in [1.29, 1.82) is 0 Å². The second-order valence-electron chi connectivity index (χ2n) is 2.16. The van der Waals surface area contributed by atoms with E-state index in [0.717, 1.165) is 0 Å². The summed E-state index contributed by atoms with van der Waals surface area (Å²) in [5.41, 5.74) is 5.94. The summed E-state index contributed by atoms with van der Waals surface area (Å²) in [6.45, 7) is 0. The molecule has 0 unspecified atom stereocenters. The highest BCUT2D eigenvalue weighted by atomic mass is 16.3. The second kappa shape index (κ2) is 1.85. The number of anilines is 1. The Labute approximate surface area is 62.1 Å². The van der Waals surface area contributed by atoms with E-state index in [9.17, 15) is 0 Å². The van der Waals surface area contributed by atoms with Crippen LogP contribution in [0.25, 0.3) is 5.65 Å². The molecule has 0 aliphatic rings. The number of hydrogen-bond donors (Lipinski definition) is 2. The summed E-state index contributed by atoms with van der Waals surface area (Å²) < 4.78 is 1.42. The van der Waals surface area contributed by atoms with Gasteiger partial charge < -0.3 is 10.8 Å². The van der Waals surface area contributed by atoms with Crippen molar-refractivity contribution in [2.75, 3.05) is 5.73 Å². The number of fused-ring (bicyclic) bond motifs is 1. The van der Waals surface area contributed by atoms with Crippen LogP contribution in [0.4, 0.5) is 5.95 Å². The van der Waals surface area contributed by atoms with Crippen LogP contribution in [0.2, 0.25) is 0 Å². The third kappa shape index (κ3) is 0.861. The first-order valence-electron chi connectivity index (χ1n) is 3.06. The predicted octanol–water partition coefficient (Wildman–Crippen LogP) is 0.0171. The van der Waals surface area contributed by atoms with E-state index in [1.807, 2.05) is 0 Å². The van der Waals surface area contributed by atoms with E-state index >= 15 is 0 Å². The van der Waals surface area contributed by atoms with Crippen molar-refractivity contribution < 1.29 is 5.11 Å². The average molecular weight is 150 g/mol. The molecule has 0 atom stereocenters. The fourth-order valence-electron chi connectivity index (χ4n) is 0.889. The number of aromatic hydroxyl groups is 1. The Morgan fingerprint density at radius 2 is 2.27 bits per heavy atom. The van der Waals surface area contributed by atoms with Crippen LogP contribution in [-0.4, -0.2) is 19.7 Å². The number of nitrogens with zero attached hydrogens (tertiary/aromatic N) is 3. The fraction of sp³-hybridized carbons (Fsp3) is 0. The maximum Gasteiger partial charge on any atom is 0.240 e. The molecule has 2 rings (SSSR count). The molecule has 11 heavy (non-hydrogen) atoms. The van der Waals surface area contributed by atoms with Crippen molar-refractivity contribution in [2.45, 2.75) is 0 Å². The molecule has 0 saturated carbocycles. The van der Waals surface area contributed by atoms with E-state index in [1.165, 1.54) is 16.8 Å². The number of nitrogens with two attached hydrogens (primary N) is 1. The van der Waals surface area contributed by atoms with Crippen LogP contribution < -0.4 is 5.73 Å². The molecule has 2 aromatic heterocycles. The molecule has 56 valence electrons. The summed E-state index contributed by atoms with van der Waals surface area (Å²) in [6, 6.07) is 3.17. The number of hydrogen-bond acceptors (Lipinski definition) is 4. The number of rotatable bonds is 0. The Morgan fingerprint density at radius 3 is 3.09 bits per heavy atom. The molecule has 5 nitrogen and oxygen atoms in total. The van der Waals surface area contributed by atoms with Crippen molar-refractivity contribution >= 4 is 11.6 Å². The van der Waals surface area contributed by atoms with Crippen LogP contribution in [0, 0.1) is 0 Å². The third-order valence-electron chi connectivity index (χ3n) is 1.33. The highest BCUT2D eigenvalue weighted by Crippen LogP contribution is 2.09. The molecule has 0 aromatic carbocycles. The summed E-state index contributed by atoms with van der Waals surface area (Å²) in [4.78, 5) is 3.87. The molecule has 3 N–H and O–H groups in total. The van der Waals surface area contributed by atoms with Gasteiger partial charge in [-0.05, 0) is 12.1 Å². The van der Waals surface area contributed by atoms with Gasteiger partial charge in [0.25, 0.3) is 0 Å². The lowest BCUT2D eigenvalue weighted by Crippen LogP contribution is -1.88. The Bertz CT molecular complexity index is 394. The van der Waals surface area contributed by atoms with Crippen LogP contribution in [0.1, 0.15) is 0 Å². The Kier molecular flexibility index (Phi) is 1.00. The first-order chi connectivity index (χ1) is 5.25. The molecule has 0 aliphatic carbocycles. The molecule has 5 heteroatoms. The minimum atomic E-state index is 0.141. The van der Waals surface area contributed by atoms with Gasteiger partial charge in [0.15, 0.2) is 5.65 Å². The van der Waals surface area contributed by atoms with Crippen molar-refractivity contribution in [3.05, 3.63) is 18.3 Å². The van der Waals surface area contributed by atoms with Crippen LogP contribution in [0.3, 0.4) is 0 Å². The molecule has 0 aliphatic heterocycles. The largest absolute Gasteiger partial charge is 0.506 e. The molecule has 0 radical (unpaired) electrons. The van der Waals surface area contributed by atoms with Gasteiger partial charge in [0.1, 0.15) is 5.75 Å². The van der Waals surface area contributed by atoms with Crippen molar-refractivity contribution in [3.8, 4) is 5.75 Å². The van der Waals surface area contributed by atoms with Gasteiger partial charge in [0, 0.05) is 0 Å². The van der Waals surface area contributed by atoms with Crippen LogP contribution >= 0.6 is 0 Å². The van der Waals surface area contributed by atoms with E-state index in [2.05, 4.69) is 10.1 Å². The van der Waals surface area contributed by atoms with Gasteiger partial charge in [-0.3, -0.25) is 0 Å². The van der Waals surface area contributed by atoms with Gasteiger partial charge in [0.2, 0.25) is 5.95 Å². The zero-order valence-electron chi connectivity index (χ0n) is 5.60. The molecule has 2 heterocycles. The van der Waals surface area contributed by atoms with Gasteiger partial charge in [0.05, 0.1) is 6.20 Å². The van der Waals surface area contributed by atoms with Gasteiger partial charge in [-0.15, -0.1) is 5.10 Å². The van der Waals surface area contributed by atoms with E-state index in [4.69, 9.17) is 10.8 Å². The predicted molar refractivity (Wildman–Crippen MR) is 39.1 cm³/mol. The first kappa shape index (κ1) is 5.96. The van der Waals surface area contributed by atoms with Crippen molar-refractivity contribution in [3.63, 3.8) is 0 Å². The van der Waals surface area contributed by atoms with E-state index < -0.39 is 0 Å². The zero-order valence-corrected chi connectivity index (χ0v) is 5.60. The molecule has 0 spiro atoms. The minimum Gasteiger partial charge on any atom is -0.506 e. The van der Waals surface area contributed by atoms with Crippen molar-refractivity contribution in [2.24, 2.45) is 0 Å². The molecule has 0 amide bonds. The minimum absolute atomic E-state index is 0.141. The Hall–Kier alpha value is -1.78. The quantitative estimate of drug-likeness (QED) is 0.555. The van der Waals surface area contributed by atoms with Gasteiger partial charge in [-0.25, -0.2) is 4.52 Å².